The lowest BCUT2D eigenvalue weighted by Crippen LogP contribution is -2.35. The molecule has 0 radical (unpaired) electrons. The van der Waals surface area contributed by atoms with E-state index in [-0.39, 0.29) is 18.0 Å². The second-order valence-electron chi connectivity index (χ2n) is 4.15. The van der Waals surface area contributed by atoms with Crippen LogP contribution in [-0.2, 0) is 17.9 Å². The van der Waals surface area contributed by atoms with Gasteiger partial charge in [0.25, 0.3) is 5.56 Å². The predicted molar refractivity (Wildman–Crippen MR) is 76.1 cm³/mol. The van der Waals surface area contributed by atoms with Gasteiger partial charge in [-0.15, -0.1) is 11.3 Å². The molecular weight excluding hydrogens is 260 g/mol. The molecule has 2 rings (SSSR count). The first kappa shape index (κ1) is 13.5. The Morgan fingerprint density at radius 3 is 2.79 bits per heavy atom. The highest BCUT2D eigenvalue weighted by molar-refractivity contribution is 7.09. The molecule has 0 fully saturated rings. The van der Waals surface area contributed by atoms with E-state index < -0.39 is 0 Å². The lowest BCUT2D eigenvalue weighted by Gasteiger charge is -2.20. The quantitative estimate of drug-likeness (QED) is 0.837. The lowest BCUT2D eigenvalue weighted by molar-refractivity contribution is -0.132. The van der Waals surface area contributed by atoms with Gasteiger partial charge >= 0.3 is 0 Å². The van der Waals surface area contributed by atoms with E-state index in [0.717, 1.165) is 4.88 Å². The van der Waals surface area contributed by atoms with Gasteiger partial charge in [-0.05, 0) is 24.4 Å². The first-order valence-corrected chi connectivity index (χ1v) is 7.04. The monoisotopic (exact) mass is 276 g/mol. The maximum Gasteiger partial charge on any atom is 0.250 e. The van der Waals surface area contributed by atoms with Crippen molar-refractivity contribution in [3.63, 3.8) is 0 Å². The van der Waals surface area contributed by atoms with Gasteiger partial charge < -0.3 is 9.47 Å². The summed E-state index contributed by atoms with van der Waals surface area (Å²) in [4.78, 5) is 26.7. The summed E-state index contributed by atoms with van der Waals surface area (Å²) in [6.07, 6.45) is 1.64. The van der Waals surface area contributed by atoms with E-state index in [1.165, 1.54) is 10.6 Å². The van der Waals surface area contributed by atoms with Gasteiger partial charge in [-0.3, -0.25) is 9.59 Å². The smallest absolute Gasteiger partial charge is 0.250 e. The third-order valence-electron chi connectivity index (χ3n) is 2.87. The molecule has 19 heavy (non-hydrogen) atoms. The Morgan fingerprint density at radius 1 is 1.32 bits per heavy atom. The molecule has 0 N–H and O–H groups in total. The van der Waals surface area contributed by atoms with Crippen molar-refractivity contribution in [3.05, 3.63) is 57.1 Å². The summed E-state index contributed by atoms with van der Waals surface area (Å²) in [5, 5.41) is 2.00. The summed E-state index contributed by atoms with van der Waals surface area (Å²) in [6, 6.07) is 8.87. The van der Waals surface area contributed by atoms with Crippen LogP contribution in [0.2, 0.25) is 0 Å². The van der Waals surface area contributed by atoms with Crippen LogP contribution in [0.4, 0.5) is 0 Å². The highest BCUT2D eigenvalue weighted by Gasteiger charge is 2.13. The molecule has 0 saturated carbocycles. The van der Waals surface area contributed by atoms with Crippen LogP contribution >= 0.6 is 11.3 Å². The van der Waals surface area contributed by atoms with Gasteiger partial charge in [-0.2, -0.15) is 0 Å². The number of aromatic nitrogens is 1. The second kappa shape index (κ2) is 6.33. The molecule has 5 heteroatoms. The van der Waals surface area contributed by atoms with Crippen LogP contribution in [0.5, 0.6) is 0 Å². The molecule has 4 nitrogen and oxygen atoms in total. The topological polar surface area (TPSA) is 42.3 Å². The van der Waals surface area contributed by atoms with Crippen LogP contribution in [0.15, 0.2) is 46.7 Å². The summed E-state index contributed by atoms with van der Waals surface area (Å²) in [5.74, 6) is -0.0378. The summed E-state index contributed by atoms with van der Waals surface area (Å²) >= 11 is 1.63. The summed E-state index contributed by atoms with van der Waals surface area (Å²) < 4.78 is 1.43. The SMILES string of the molecule is CCN(Cc1cccs1)C(=O)Cn1ccccc1=O. The van der Waals surface area contributed by atoms with Crippen molar-refractivity contribution in [2.75, 3.05) is 6.54 Å². The third kappa shape index (κ3) is 3.54. The Bertz CT molecular complexity index is 589. The zero-order valence-electron chi connectivity index (χ0n) is 10.8. The maximum absolute atomic E-state index is 12.2. The van der Waals surface area contributed by atoms with E-state index in [2.05, 4.69) is 0 Å². The van der Waals surface area contributed by atoms with Crippen LogP contribution in [0.3, 0.4) is 0 Å². The van der Waals surface area contributed by atoms with Gasteiger partial charge in [0.2, 0.25) is 5.91 Å². The van der Waals surface area contributed by atoms with Crippen molar-refractivity contribution in [2.45, 2.75) is 20.0 Å². The van der Waals surface area contributed by atoms with Crippen LogP contribution < -0.4 is 5.56 Å². The van der Waals surface area contributed by atoms with Crippen LogP contribution in [0.25, 0.3) is 0 Å². The molecule has 0 aliphatic rings. The Hall–Kier alpha value is -1.88. The van der Waals surface area contributed by atoms with Gasteiger partial charge in [-0.1, -0.05) is 12.1 Å². The fourth-order valence-corrected chi connectivity index (χ4v) is 2.52. The number of carbonyl (C=O) groups excluding carboxylic acids is 1. The number of nitrogens with zero attached hydrogens (tertiary/aromatic N) is 2. The average Bonchev–Trinajstić information content (AvgIpc) is 2.91. The Balaban J connectivity index is 2.05. The fraction of sp³-hybridized carbons (Fsp3) is 0.286. The van der Waals surface area contributed by atoms with E-state index in [4.69, 9.17) is 0 Å². The minimum Gasteiger partial charge on any atom is -0.336 e. The summed E-state index contributed by atoms with van der Waals surface area (Å²) in [5.41, 5.74) is -0.150. The number of amides is 1. The summed E-state index contributed by atoms with van der Waals surface area (Å²) in [7, 11) is 0. The molecule has 2 heterocycles. The zero-order chi connectivity index (χ0) is 13.7. The largest absolute Gasteiger partial charge is 0.336 e. The van der Waals surface area contributed by atoms with Crippen LogP contribution in [-0.4, -0.2) is 21.9 Å². The average molecular weight is 276 g/mol. The Labute approximate surface area is 115 Å². The van der Waals surface area contributed by atoms with Crippen molar-refractivity contribution in [1.29, 1.82) is 0 Å². The molecule has 0 aromatic carbocycles. The molecular formula is C14H16N2O2S. The number of pyridine rings is 1. The van der Waals surface area contributed by atoms with E-state index in [9.17, 15) is 9.59 Å². The summed E-state index contributed by atoms with van der Waals surface area (Å²) in [6.45, 7) is 3.28. The number of thiophene rings is 1. The predicted octanol–water partition coefficient (Wildman–Crippen LogP) is 1.96. The Morgan fingerprint density at radius 2 is 2.16 bits per heavy atom. The number of hydrogen-bond donors (Lipinski definition) is 0. The number of carbonyl (C=O) groups is 1. The highest BCUT2D eigenvalue weighted by atomic mass is 32.1. The molecule has 0 bridgehead atoms. The van der Waals surface area contributed by atoms with Gasteiger partial charge in [-0.25, -0.2) is 0 Å². The lowest BCUT2D eigenvalue weighted by atomic mass is 10.3. The van der Waals surface area contributed by atoms with E-state index in [1.807, 2.05) is 24.4 Å². The minimum atomic E-state index is -0.150. The minimum absolute atomic E-state index is 0.0378. The fourth-order valence-electron chi connectivity index (χ4n) is 1.80. The molecule has 1 amide bonds. The van der Waals surface area contributed by atoms with Gasteiger partial charge in [0.05, 0.1) is 6.54 Å². The Kier molecular flexibility index (Phi) is 4.52. The first-order valence-electron chi connectivity index (χ1n) is 6.16. The van der Waals surface area contributed by atoms with Crippen molar-refractivity contribution in [1.82, 2.24) is 9.47 Å². The van der Waals surface area contributed by atoms with E-state index in [1.54, 1.807) is 34.6 Å². The van der Waals surface area contributed by atoms with E-state index in [0.29, 0.717) is 13.1 Å². The molecule has 0 unspecified atom stereocenters. The standard InChI is InChI=1S/C14H16N2O2S/c1-2-15(10-12-6-5-9-19-12)14(18)11-16-8-4-3-7-13(16)17/h3-9H,2,10-11H2,1H3. The normalized spacial score (nSPS) is 10.4. The number of hydrogen-bond acceptors (Lipinski definition) is 3. The molecule has 0 atom stereocenters. The third-order valence-corrected chi connectivity index (χ3v) is 3.73. The van der Waals surface area contributed by atoms with Gasteiger partial charge in [0.1, 0.15) is 6.54 Å². The molecule has 2 aromatic heterocycles. The van der Waals surface area contributed by atoms with Crippen molar-refractivity contribution < 1.29 is 4.79 Å². The van der Waals surface area contributed by atoms with Gasteiger partial charge in [0.15, 0.2) is 0 Å². The number of likely N-dealkylation sites (N-methyl/N-ethyl adjacent to an activating group) is 1. The van der Waals surface area contributed by atoms with Crippen molar-refractivity contribution in [2.24, 2.45) is 0 Å². The molecule has 0 spiro atoms. The molecule has 100 valence electrons. The molecule has 0 saturated heterocycles. The highest BCUT2D eigenvalue weighted by Crippen LogP contribution is 2.12. The van der Waals surface area contributed by atoms with Crippen LogP contribution in [0, 0.1) is 0 Å². The molecule has 2 aromatic rings. The molecule has 0 aliphatic heterocycles. The number of rotatable bonds is 5. The van der Waals surface area contributed by atoms with Crippen molar-refractivity contribution >= 4 is 17.2 Å². The first-order chi connectivity index (χ1) is 9.20. The zero-order valence-corrected chi connectivity index (χ0v) is 11.6. The van der Waals surface area contributed by atoms with Crippen LogP contribution in [0.1, 0.15) is 11.8 Å². The van der Waals surface area contributed by atoms with E-state index >= 15 is 0 Å². The maximum atomic E-state index is 12.2. The van der Waals surface area contributed by atoms with Gasteiger partial charge in [0, 0.05) is 23.7 Å². The second-order valence-corrected chi connectivity index (χ2v) is 5.19. The molecule has 0 aliphatic carbocycles. The van der Waals surface area contributed by atoms with Crippen molar-refractivity contribution in [3.8, 4) is 0 Å².